The van der Waals surface area contributed by atoms with Gasteiger partial charge < -0.3 is 9.47 Å². The molecule has 12 heavy (non-hydrogen) atoms. The Bertz CT molecular complexity index is 139. The predicted molar refractivity (Wildman–Crippen MR) is 46.8 cm³/mol. The van der Waals surface area contributed by atoms with Gasteiger partial charge in [-0.25, -0.2) is 4.79 Å². The van der Waals surface area contributed by atoms with Gasteiger partial charge in [-0.2, -0.15) is 0 Å². The van der Waals surface area contributed by atoms with E-state index < -0.39 is 11.8 Å². The van der Waals surface area contributed by atoms with Crippen molar-refractivity contribution >= 4 is 6.16 Å². The van der Waals surface area contributed by atoms with E-state index in [-0.39, 0.29) is 6.61 Å². The largest absolute Gasteiger partial charge is 0.508 e. The highest BCUT2D eigenvalue weighted by molar-refractivity contribution is 5.60. The summed E-state index contributed by atoms with van der Waals surface area (Å²) < 4.78 is 9.64. The minimum Gasteiger partial charge on any atom is -0.434 e. The summed E-state index contributed by atoms with van der Waals surface area (Å²) in [6, 6.07) is 0. The molecule has 0 bridgehead atoms. The zero-order valence-electron chi connectivity index (χ0n) is 8.05. The van der Waals surface area contributed by atoms with Crippen molar-refractivity contribution in [2.24, 2.45) is 0 Å². The van der Waals surface area contributed by atoms with Crippen molar-refractivity contribution in [2.75, 3.05) is 6.61 Å². The second kappa shape index (κ2) is 5.01. The number of carbonyl (C=O) groups excluding carboxylic acids is 1. The van der Waals surface area contributed by atoms with Gasteiger partial charge in [-0.15, -0.1) is 0 Å². The van der Waals surface area contributed by atoms with Crippen LogP contribution in [0.5, 0.6) is 0 Å². The molecular weight excluding hydrogens is 156 g/mol. The molecule has 1 radical (unpaired) electrons. The van der Waals surface area contributed by atoms with Crippen LogP contribution in [0.25, 0.3) is 0 Å². The van der Waals surface area contributed by atoms with Crippen LogP contribution >= 0.6 is 0 Å². The Morgan fingerprint density at radius 3 is 2.25 bits per heavy atom. The molecule has 0 unspecified atom stereocenters. The van der Waals surface area contributed by atoms with E-state index in [4.69, 9.17) is 4.74 Å². The molecule has 0 aromatic rings. The van der Waals surface area contributed by atoms with Crippen LogP contribution in [0, 0.1) is 6.92 Å². The zero-order chi connectivity index (χ0) is 9.61. The van der Waals surface area contributed by atoms with Crippen LogP contribution in [-0.2, 0) is 9.47 Å². The Labute approximate surface area is 74.0 Å². The normalized spacial score (nSPS) is 11.0. The van der Waals surface area contributed by atoms with Crippen molar-refractivity contribution in [1.29, 1.82) is 0 Å². The number of ether oxygens (including phenoxy) is 2. The van der Waals surface area contributed by atoms with Gasteiger partial charge in [0.2, 0.25) is 0 Å². The molecule has 3 heteroatoms. The summed E-state index contributed by atoms with van der Waals surface area (Å²) in [7, 11) is 0. The fourth-order valence-corrected chi connectivity index (χ4v) is 0.708. The average Bonchev–Trinajstić information content (AvgIpc) is 2.05. The summed E-state index contributed by atoms with van der Waals surface area (Å²) >= 11 is 0. The van der Waals surface area contributed by atoms with Crippen LogP contribution in [-0.4, -0.2) is 18.4 Å². The third-order valence-corrected chi connectivity index (χ3v) is 2.05. The van der Waals surface area contributed by atoms with Crippen molar-refractivity contribution in [3.63, 3.8) is 0 Å². The number of rotatable bonds is 4. The molecule has 0 aliphatic rings. The summed E-state index contributed by atoms with van der Waals surface area (Å²) in [5.74, 6) is 0. The molecule has 0 rings (SSSR count). The molecule has 3 nitrogen and oxygen atoms in total. The zero-order valence-corrected chi connectivity index (χ0v) is 8.05. The standard InChI is InChI=1S/C9H17O3/c1-5-9(4,6-2)12-8(10)11-7-3/h3,5-7H2,1-2,4H3. The predicted octanol–water partition coefficient (Wildman–Crippen LogP) is 2.55. The van der Waals surface area contributed by atoms with Crippen LogP contribution in [0.1, 0.15) is 33.6 Å². The molecule has 0 aliphatic heterocycles. The van der Waals surface area contributed by atoms with E-state index in [0.717, 1.165) is 12.8 Å². The summed E-state index contributed by atoms with van der Waals surface area (Å²) in [6.45, 7) is 9.33. The molecule has 71 valence electrons. The summed E-state index contributed by atoms with van der Waals surface area (Å²) in [5, 5.41) is 0. The minimum absolute atomic E-state index is 0.113. The van der Waals surface area contributed by atoms with Gasteiger partial charge in [0.15, 0.2) is 0 Å². The highest BCUT2D eigenvalue weighted by atomic mass is 16.7. The lowest BCUT2D eigenvalue weighted by atomic mass is 10.0. The van der Waals surface area contributed by atoms with Gasteiger partial charge in [-0.3, -0.25) is 0 Å². The molecule has 0 saturated heterocycles. The fraction of sp³-hybridized carbons (Fsp3) is 0.778. The van der Waals surface area contributed by atoms with Crippen molar-refractivity contribution in [1.82, 2.24) is 0 Å². The third kappa shape index (κ3) is 3.60. The summed E-state index contributed by atoms with van der Waals surface area (Å²) in [4.78, 5) is 10.9. The maximum Gasteiger partial charge on any atom is 0.508 e. The van der Waals surface area contributed by atoms with Crippen LogP contribution in [0.15, 0.2) is 0 Å². The Morgan fingerprint density at radius 2 is 1.92 bits per heavy atom. The number of hydrogen-bond acceptors (Lipinski definition) is 3. The Hall–Kier alpha value is -0.730. The lowest BCUT2D eigenvalue weighted by Crippen LogP contribution is -2.30. The molecule has 0 spiro atoms. The highest BCUT2D eigenvalue weighted by Gasteiger charge is 2.24. The minimum atomic E-state index is -0.629. The lowest BCUT2D eigenvalue weighted by molar-refractivity contribution is -0.0262. The van der Waals surface area contributed by atoms with Gasteiger partial charge in [0.1, 0.15) is 5.60 Å². The van der Waals surface area contributed by atoms with E-state index in [1.807, 2.05) is 20.8 Å². The third-order valence-electron chi connectivity index (χ3n) is 2.05. The van der Waals surface area contributed by atoms with Crippen LogP contribution < -0.4 is 0 Å². The van der Waals surface area contributed by atoms with E-state index in [1.165, 1.54) is 0 Å². The molecule has 0 heterocycles. The molecule has 0 aromatic heterocycles. The number of hydrogen-bond donors (Lipinski definition) is 0. The van der Waals surface area contributed by atoms with Crippen LogP contribution in [0.3, 0.4) is 0 Å². The van der Waals surface area contributed by atoms with E-state index in [2.05, 4.69) is 11.7 Å². The molecule has 0 saturated carbocycles. The second-order valence-electron chi connectivity index (χ2n) is 2.86. The van der Waals surface area contributed by atoms with Crippen molar-refractivity contribution in [2.45, 2.75) is 39.2 Å². The molecule has 0 aromatic carbocycles. The van der Waals surface area contributed by atoms with Crippen molar-refractivity contribution < 1.29 is 14.3 Å². The first-order chi connectivity index (χ1) is 5.58. The number of carbonyl (C=O) groups is 1. The van der Waals surface area contributed by atoms with E-state index in [9.17, 15) is 4.79 Å². The molecular formula is C9H17O3. The fourth-order valence-electron chi connectivity index (χ4n) is 0.708. The van der Waals surface area contributed by atoms with Gasteiger partial charge >= 0.3 is 6.16 Å². The van der Waals surface area contributed by atoms with Gasteiger partial charge in [-0.05, 0) is 26.7 Å². The first kappa shape index (κ1) is 11.3. The van der Waals surface area contributed by atoms with Crippen LogP contribution in [0.4, 0.5) is 4.79 Å². The maximum atomic E-state index is 10.9. The summed E-state index contributed by atoms with van der Waals surface area (Å²) in [5.41, 5.74) is -0.397. The van der Waals surface area contributed by atoms with Gasteiger partial charge in [-0.1, -0.05) is 13.8 Å². The van der Waals surface area contributed by atoms with E-state index in [1.54, 1.807) is 0 Å². The Morgan fingerprint density at radius 1 is 1.42 bits per heavy atom. The highest BCUT2D eigenvalue weighted by Crippen LogP contribution is 2.19. The SMILES string of the molecule is [CH2]COC(=O)OC(C)(CC)CC. The van der Waals surface area contributed by atoms with Crippen LogP contribution in [0.2, 0.25) is 0 Å². The lowest BCUT2D eigenvalue weighted by Gasteiger charge is -2.25. The smallest absolute Gasteiger partial charge is 0.434 e. The molecule has 0 N–H and O–H groups in total. The van der Waals surface area contributed by atoms with Gasteiger partial charge in [0, 0.05) is 0 Å². The summed E-state index contributed by atoms with van der Waals surface area (Å²) in [6.07, 6.45) is 0.946. The maximum absolute atomic E-state index is 10.9. The monoisotopic (exact) mass is 173 g/mol. The van der Waals surface area contributed by atoms with Crippen molar-refractivity contribution in [3.05, 3.63) is 6.92 Å². The second-order valence-corrected chi connectivity index (χ2v) is 2.86. The first-order valence-corrected chi connectivity index (χ1v) is 4.23. The molecule has 0 fully saturated rings. The molecule has 0 amide bonds. The quantitative estimate of drug-likeness (QED) is 0.613. The van der Waals surface area contributed by atoms with E-state index in [0.29, 0.717) is 0 Å². The average molecular weight is 173 g/mol. The Balaban J connectivity index is 3.93. The van der Waals surface area contributed by atoms with E-state index >= 15 is 0 Å². The molecule has 0 atom stereocenters. The molecule has 0 aliphatic carbocycles. The van der Waals surface area contributed by atoms with Gasteiger partial charge in [0.05, 0.1) is 6.61 Å². The van der Waals surface area contributed by atoms with Crippen molar-refractivity contribution in [3.8, 4) is 0 Å². The Kier molecular flexibility index (Phi) is 4.71. The topological polar surface area (TPSA) is 35.5 Å². The van der Waals surface area contributed by atoms with Gasteiger partial charge in [0.25, 0.3) is 0 Å². The first-order valence-electron chi connectivity index (χ1n) is 4.23.